The van der Waals surface area contributed by atoms with Crippen molar-refractivity contribution in [2.24, 2.45) is 5.92 Å². The Kier molecular flexibility index (Phi) is 11.2. The number of likely N-dealkylation sites (tertiary alicyclic amines) is 1. The summed E-state index contributed by atoms with van der Waals surface area (Å²) in [5, 5.41) is 41.4. The quantitative estimate of drug-likeness (QED) is 0.244. The first-order valence-corrected chi connectivity index (χ1v) is 17.0. The Hall–Kier alpha value is -5.18. The number of carboxylic acids is 1. The minimum Gasteiger partial charge on any atom is -0.508 e. The van der Waals surface area contributed by atoms with Crippen LogP contribution in [0.3, 0.4) is 0 Å². The fourth-order valence-corrected chi connectivity index (χ4v) is 6.34. The molecule has 2 fully saturated rings. The number of aromatic nitrogens is 3. The predicted octanol–water partition coefficient (Wildman–Crippen LogP) is 3.18. The number of amides is 3. The summed E-state index contributed by atoms with van der Waals surface area (Å²) in [7, 11) is 0. The molecule has 2 saturated heterocycles. The largest absolute Gasteiger partial charge is 0.508 e. The van der Waals surface area contributed by atoms with E-state index in [1.807, 2.05) is 43.0 Å². The molecule has 3 heterocycles. The Morgan fingerprint density at radius 2 is 1.64 bits per heavy atom. The molecule has 0 radical (unpaired) electrons. The van der Waals surface area contributed by atoms with Gasteiger partial charge in [0.05, 0.1) is 11.5 Å². The molecule has 2 unspecified atom stereocenters. The van der Waals surface area contributed by atoms with E-state index in [-0.39, 0.29) is 47.4 Å². The maximum Gasteiger partial charge on any atom is 0.410 e. The van der Waals surface area contributed by atoms with E-state index in [1.54, 1.807) is 17.6 Å². The molecular formula is C35H45N7O8. The van der Waals surface area contributed by atoms with E-state index in [1.165, 1.54) is 17.9 Å². The Labute approximate surface area is 290 Å². The Morgan fingerprint density at radius 3 is 2.28 bits per heavy atom. The van der Waals surface area contributed by atoms with Gasteiger partial charge in [0.1, 0.15) is 11.5 Å². The van der Waals surface area contributed by atoms with Crippen molar-refractivity contribution in [3.05, 3.63) is 53.3 Å². The van der Waals surface area contributed by atoms with Crippen molar-refractivity contribution < 1.29 is 39.2 Å². The van der Waals surface area contributed by atoms with E-state index in [9.17, 15) is 29.4 Å². The molecule has 3 aromatic rings. The van der Waals surface area contributed by atoms with Gasteiger partial charge in [0, 0.05) is 64.1 Å². The van der Waals surface area contributed by atoms with E-state index in [4.69, 9.17) is 9.84 Å². The van der Waals surface area contributed by atoms with E-state index < -0.39 is 24.1 Å². The molecule has 1 aromatic heterocycles. The van der Waals surface area contributed by atoms with Gasteiger partial charge >= 0.3 is 12.1 Å². The zero-order valence-corrected chi connectivity index (χ0v) is 28.8. The second kappa shape index (κ2) is 15.6. The second-order valence-electron chi connectivity index (χ2n) is 13.0. The third-order valence-electron chi connectivity index (χ3n) is 9.15. The first-order chi connectivity index (χ1) is 23.9. The summed E-state index contributed by atoms with van der Waals surface area (Å²) in [4.78, 5) is 55.4. The lowest BCUT2D eigenvalue weighted by Gasteiger charge is -2.38. The van der Waals surface area contributed by atoms with E-state index in [0.717, 1.165) is 5.56 Å². The van der Waals surface area contributed by atoms with Crippen LogP contribution in [0.4, 0.5) is 4.79 Å². The third-order valence-corrected chi connectivity index (χ3v) is 9.15. The van der Waals surface area contributed by atoms with Crippen molar-refractivity contribution >= 4 is 23.9 Å². The number of hydrogen-bond acceptors (Lipinski definition) is 10. The highest BCUT2D eigenvalue weighted by molar-refractivity contribution is 5.92. The molecule has 0 saturated carbocycles. The summed E-state index contributed by atoms with van der Waals surface area (Å²) in [6.45, 7) is 11.0. The normalized spacial score (nSPS) is 17.4. The van der Waals surface area contributed by atoms with E-state index in [2.05, 4.69) is 20.4 Å². The molecule has 268 valence electrons. The number of aliphatic carboxylic acids is 1. The SMILES string of the molecule is CCNC(=O)c1nnc(-c2cc(C(C)C)c(O)cc2O)n1-c1ccc(CN2CCN(C(=O)C3CCCN(C(=O)OC(C)C(=O)O)C3)CC2)cc1. The molecule has 2 aliphatic rings. The highest BCUT2D eigenvalue weighted by atomic mass is 16.6. The topological polar surface area (TPSA) is 191 Å². The number of nitrogens with zero attached hydrogens (tertiary/aromatic N) is 6. The fraction of sp³-hybridized carbons (Fsp3) is 0.486. The summed E-state index contributed by atoms with van der Waals surface area (Å²) < 4.78 is 6.60. The number of carboxylic acid groups (broad SMARTS) is 1. The van der Waals surface area contributed by atoms with Gasteiger partial charge in [-0.05, 0) is 61.9 Å². The number of phenolic OH excluding ortho intramolecular Hbond substituents is 2. The molecule has 15 nitrogen and oxygen atoms in total. The average Bonchev–Trinajstić information content (AvgIpc) is 3.53. The summed E-state index contributed by atoms with van der Waals surface area (Å²) in [6.07, 6.45) is -0.677. The van der Waals surface area contributed by atoms with Gasteiger partial charge < -0.3 is 35.2 Å². The zero-order valence-electron chi connectivity index (χ0n) is 28.8. The van der Waals surface area contributed by atoms with Gasteiger partial charge in [0.2, 0.25) is 11.7 Å². The minimum atomic E-state index is -1.26. The van der Waals surface area contributed by atoms with Crippen molar-refractivity contribution in [3.63, 3.8) is 0 Å². The number of piperidine rings is 1. The van der Waals surface area contributed by atoms with Crippen LogP contribution in [0.15, 0.2) is 36.4 Å². The second-order valence-corrected chi connectivity index (χ2v) is 13.0. The molecule has 2 atom stereocenters. The summed E-state index contributed by atoms with van der Waals surface area (Å²) >= 11 is 0. The summed E-state index contributed by atoms with van der Waals surface area (Å²) in [5.74, 6) is -1.94. The number of hydrogen-bond donors (Lipinski definition) is 4. The number of piperazine rings is 1. The molecule has 2 aromatic carbocycles. The smallest absolute Gasteiger partial charge is 0.410 e. The first-order valence-electron chi connectivity index (χ1n) is 17.0. The number of nitrogens with one attached hydrogen (secondary N) is 1. The fourth-order valence-electron chi connectivity index (χ4n) is 6.34. The first kappa shape index (κ1) is 36.1. The van der Waals surface area contributed by atoms with Gasteiger partial charge in [0.25, 0.3) is 5.91 Å². The van der Waals surface area contributed by atoms with Crippen molar-refractivity contribution in [1.29, 1.82) is 0 Å². The number of aromatic hydroxyl groups is 2. The van der Waals surface area contributed by atoms with Crippen LogP contribution in [-0.4, -0.2) is 121 Å². The highest BCUT2D eigenvalue weighted by Gasteiger charge is 2.34. The maximum absolute atomic E-state index is 13.4. The molecule has 3 amide bonds. The van der Waals surface area contributed by atoms with Gasteiger partial charge in [-0.25, -0.2) is 9.59 Å². The van der Waals surface area contributed by atoms with Crippen LogP contribution in [-0.2, 0) is 20.9 Å². The number of carbonyl (C=O) groups is 4. The van der Waals surface area contributed by atoms with Crippen LogP contribution in [0, 0.1) is 5.92 Å². The lowest BCUT2D eigenvalue weighted by atomic mass is 9.96. The number of phenols is 2. The average molecular weight is 692 g/mol. The Morgan fingerprint density at radius 1 is 0.940 bits per heavy atom. The molecule has 5 rings (SSSR count). The predicted molar refractivity (Wildman–Crippen MR) is 182 cm³/mol. The standard InChI is InChI=1S/C35H45N7O8/c1-5-36-32(45)31-38-37-30(27-17-26(21(2)3)28(43)18-29(27)44)42(31)25-10-8-23(9-11-25)19-39-13-15-40(16-14-39)33(46)24-7-6-12-41(20-24)35(49)50-22(4)34(47)48/h8-11,17-18,21-22,24,43-44H,5-7,12-16,19-20H2,1-4H3,(H,36,45)(H,47,48). The molecule has 0 spiro atoms. The molecule has 0 bridgehead atoms. The van der Waals surface area contributed by atoms with Crippen LogP contribution >= 0.6 is 0 Å². The number of ether oxygens (including phenoxy) is 1. The van der Waals surface area contributed by atoms with Gasteiger partial charge in [-0.15, -0.1) is 10.2 Å². The molecule has 4 N–H and O–H groups in total. The van der Waals surface area contributed by atoms with Crippen LogP contribution < -0.4 is 5.32 Å². The van der Waals surface area contributed by atoms with Crippen molar-refractivity contribution in [2.75, 3.05) is 45.8 Å². The molecule has 0 aliphatic carbocycles. The highest BCUT2D eigenvalue weighted by Crippen LogP contribution is 2.38. The molecular weight excluding hydrogens is 646 g/mol. The maximum atomic E-state index is 13.4. The van der Waals surface area contributed by atoms with Crippen LogP contribution in [0.1, 0.15) is 68.2 Å². The third kappa shape index (κ3) is 7.99. The number of benzene rings is 2. The Bertz CT molecular complexity index is 1720. The van der Waals surface area contributed by atoms with Crippen molar-refractivity contribution in [3.8, 4) is 28.6 Å². The lowest BCUT2D eigenvalue weighted by molar-refractivity contribution is -0.147. The van der Waals surface area contributed by atoms with Crippen LogP contribution in [0.2, 0.25) is 0 Å². The molecule has 15 heteroatoms. The van der Waals surface area contributed by atoms with Gasteiger partial charge in [0.15, 0.2) is 11.9 Å². The van der Waals surface area contributed by atoms with Gasteiger partial charge in [-0.3, -0.25) is 19.1 Å². The number of carbonyl (C=O) groups excluding carboxylic acids is 3. The van der Waals surface area contributed by atoms with E-state index in [0.29, 0.717) is 75.5 Å². The van der Waals surface area contributed by atoms with Crippen molar-refractivity contribution in [2.45, 2.75) is 59.1 Å². The Balaban J connectivity index is 1.24. The minimum absolute atomic E-state index is 0.00868. The zero-order chi connectivity index (χ0) is 36.1. The van der Waals surface area contributed by atoms with E-state index >= 15 is 0 Å². The molecule has 2 aliphatic heterocycles. The summed E-state index contributed by atoms with van der Waals surface area (Å²) in [5.41, 5.74) is 2.60. The number of rotatable bonds is 10. The lowest BCUT2D eigenvalue weighted by Crippen LogP contribution is -2.53. The molecule has 50 heavy (non-hydrogen) atoms. The monoisotopic (exact) mass is 691 g/mol. The van der Waals surface area contributed by atoms with Crippen LogP contribution in [0.5, 0.6) is 11.5 Å². The van der Waals surface area contributed by atoms with Gasteiger partial charge in [-0.1, -0.05) is 26.0 Å². The van der Waals surface area contributed by atoms with Gasteiger partial charge in [-0.2, -0.15) is 0 Å². The van der Waals surface area contributed by atoms with Crippen molar-refractivity contribution in [1.82, 2.24) is 34.8 Å². The van der Waals surface area contributed by atoms with Crippen LogP contribution in [0.25, 0.3) is 17.1 Å². The summed E-state index contributed by atoms with van der Waals surface area (Å²) in [6, 6.07) is 10.6.